The predicted molar refractivity (Wildman–Crippen MR) is 55.9 cm³/mol. The number of hydrogen-bond donors (Lipinski definition) is 1. The minimum absolute atomic E-state index is 1.03. The van der Waals surface area contributed by atoms with Crippen LogP contribution in [0.4, 0.5) is 32.0 Å². The Bertz CT molecular complexity index is 452. The molecule has 0 bridgehead atoms. The van der Waals surface area contributed by atoms with Gasteiger partial charge < -0.3 is 5.73 Å². The van der Waals surface area contributed by atoms with Gasteiger partial charge in [0.1, 0.15) is 0 Å². The van der Waals surface area contributed by atoms with Crippen molar-refractivity contribution in [3.8, 4) is 0 Å². The van der Waals surface area contributed by atoms with Crippen LogP contribution in [-0.4, -0.2) is 0 Å². The maximum absolute atomic E-state index is 12.6. The Morgan fingerprint density at radius 3 is 1.17 bits per heavy atom. The first-order chi connectivity index (χ1) is 7.89. The maximum atomic E-state index is 12.6. The van der Waals surface area contributed by atoms with Gasteiger partial charge in [0.25, 0.3) is 0 Å². The minimum Gasteiger partial charge on any atom is -0.396 e. The van der Waals surface area contributed by atoms with E-state index in [4.69, 9.17) is 40.5 Å². The Labute approximate surface area is 111 Å². The van der Waals surface area contributed by atoms with Gasteiger partial charge in [-0.15, -0.1) is 0 Å². The fraction of sp³-hybridized carbons (Fsp3) is 0.250. The van der Waals surface area contributed by atoms with E-state index in [-0.39, 0.29) is 0 Å². The first kappa shape index (κ1) is 15.5. The molecule has 0 aliphatic carbocycles. The van der Waals surface area contributed by atoms with Crippen LogP contribution in [0, 0.1) is 0 Å². The number of hydrogen-bond acceptors (Lipinski definition) is 1. The molecule has 1 aromatic carbocycles. The van der Waals surface area contributed by atoms with Gasteiger partial charge in [0.15, 0.2) is 0 Å². The lowest BCUT2D eigenvalue weighted by atomic mass is 10.1. The van der Waals surface area contributed by atoms with E-state index in [1.165, 1.54) is 0 Å². The van der Waals surface area contributed by atoms with Crippen LogP contribution in [0.2, 0.25) is 15.1 Å². The summed E-state index contributed by atoms with van der Waals surface area (Å²) in [7, 11) is 0. The molecule has 0 heterocycles. The van der Waals surface area contributed by atoms with Crippen LogP contribution in [0.3, 0.4) is 0 Å². The zero-order valence-electron chi connectivity index (χ0n) is 7.98. The van der Waals surface area contributed by atoms with E-state index in [0.29, 0.717) is 0 Å². The fourth-order valence-electron chi connectivity index (χ4n) is 1.18. The molecule has 1 nitrogen and oxygen atoms in total. The van der Waals surface area contributed by atoms with E-state index < -0.39 is 44.2 Å². The third kappa shape index (κ3) is 2.57. The molecule has 1 rings (SSSR count). The molecule has 0 fully saturated rings. The molecule has 18 heavy (non-hydrogen) atoms. The second-order valence-electron chi connectivity index (χ2n) is 3.10. The highest BCUT2D eigenvalue weighted by molar-refractivity contribution is 6.43. The van der Waals surface area contributed by atoms with Crippen molar-refractivity contribution >= 4 is 40.5 Å². The molecule has 0 spiro atoms. The summed E-state index contributed by atoms with van der Waals surface area (Å²) in [4.78, 5) is 0. The summed E-state index contributed by atoms with van der Waals surface area (Å²) in [6.07, 6.45) is -10.4. The smallest absolute Gasteiger partial charge is 0.396 e. The van der Waals surface area contributed by atoms with Crippen molar-refractivity contribution in [2.45, 2.75) is 12.4 Å². The predicted octanol–water partition coefficient (Wildman–Crippen LogP) is 5.27. The van der Waals surface area contributed by atoms with E-state index in [9.17, 15) is 26.3 Å². The Kier molecular flexibility index (Phi) is 3.92. The molecule has 0 aliphatic rings. The van der Waals surface area contributed by atoms with Crippen molar-refractivity contribution in [1.29, 1.82) is 0 Å². The molecular weight excluding hydrogens is 330 g/mol. The lowest BCUT2D eigenvalue weighted by molar-refractivity contribution is -0.142. The molecule has 10 heteroatoms. The number of anilines is 1. The van der Waals surface area contributed by atoms with Crippen LogP contribution >= 0.6 is 34.8 Å². The lowest BCUT2D eigenvalue weighted by Crippen LogP contribution is -2.15. The zero-order valence-corrected chi connectivity index (χ0v) is 10.2. The number of nitrogens with two attached hydrogens (primary N) is 1. The Hall–Kier alpha value is -0.530. The summed E-state index contributed by atoms with van der Waals surface area (Å²) in [5.41, 5.74) is 0.276. The van der Waals surface area contributed by atoms with Gasteiger partial charge in [-0.1, -0.05) is 34.8 Å². The Morgan fingerprint density at radius 2 is 0.944 bits per heavy atom. The maximum Gasteiger partial charge on any atom is 0.419 e. The highest BCUT2D eigenvalue weighted by Crippen LogP contribution is 2.51. The van der Waals surface area contributed by atoms with Gasteiger partial charge in [-0.2, -0.15) is 26.3 Å². The summed E-state index contributed by atoms with van der Waals surface area (Å²) in [5.74, 6) is 0. The summed E-state index contributed by atoms with van der Waals surface area (Å²) in [5, 5.41) is -3.95. The quantitative estimate of drug-likeness (QED) is 0.508. The van der Waals surface area contributed by atoms with Crippen LogP contribution in [0.25, 0.3) is 0 Å². The number of benzene rings is 1. The van der Waals surface area contributed by atoms with Gasteiger partial charge in [-0.3, -0.25) is 0 Å². The number of alkyl halides is 6. The van der Waals surface area contributed by atoms with Gasteiger partial charge in [-0.05, 0) is 0 Å². The van der Waals surface area contributed by atoms with E-state index in [1.54, 1.807) is 0 Å². The van der Waals surface area contributed by atoms with Crippen molar-refractivity contribution < 1.29 is 26.3 Å². The number of nitrogen functional groups attached to an aromatic ring is 1. The molecule has 0 aliphatic heterocycles. The highest BCUT2D eigenvalue weighted by atomic mass is 35.5. The molecule has 0 amide bonds. The zero-order chi connectivity index (χ0) is 14.5. The standard InChI is InChI=1S/C8H2Cl3F6N/c9-3-1(7(12,13)14)4(10)6(18)5(11)2(3)8(15,16)17/h18H2. The topological polar surface area (TPSA) is 26.0 Å². The monoisotopic (exact) mass is 331 g/mol. The van der Waals surface area contributed by atoms with Gasteiger partial charge in [0.2, 0.25) is 0 Å². The van der Waals surface area contributed by atoms with Gasteiger partial charge >= 0.3 is 12.4 Å². The average Bonchev–Trinajstić information content (AvgIpc) is 2.09. The van der Waals surface area contributed by atoms with Gasteiger partial charge in [-0.25, -0.2) is 0 Å². The van der Waals surface area contributed by atoms with Crippen LogP contribution in [0.1, 0.15) is 11.1 Å². The normalized spacial score (nSPS) is 12.9. The molecule has 0 unspecified atom stereocenters. The highest BCUT2D eigenvalue weighted by Gasteiger charge is 2.45. The van der Waals surface area contributed by atoms with Crippen molar-refractivity contribution in [3.05, 3.63) is 26.2 Å². The van der Waals surface area contributed by atoms with Crippen LogP contribution in [0.5, 0.6) is 0 Å². The van der Waals surface area contributed by atoms with E-state index >= 15 is 0 Å². The summed E-state index contributed by atoms with van der Waals surface area (Å²) in [6, 6.07) is 0. The molecule has 0 aromatic heterocycles. The SMILES string of the molecule is Nc1c(Cl)c(C(F)(F)F)c(Cl)c(C(F)(F)F)c1Cl. The van der Waals surface area contributed by atoms with Crippen molar-refractivity contribution in [2.24, 2.45) is 0 Å². The van der Waals surface area contributed by atoms with Gasteiger partial charge in [0.05, 0.1) is 31.9 Å². The number of rotatable bonds is 0. The first-order valence-corrected chi connectivity index (χ1v) is 5.12. The van der Waals surface area contributed by atoms with Crippen LogP contribution < -0.4 is 5.73 Å². The molecule has 0 saturated heterocycles. The summed E-state index contributed by atoms with van der Waals surface area (Å²) >= 11 is 15.6. The lowest BCUT2D eigenvalue weighted by Gasteiger charge is -2.19. The average molecular weight is 332 g/mol. The minimum atomic E-state index is -5.19. The molecule has 1 aromatic rings. The second kappa shape index (κ2) is 4.54. The second-order valence-corrected chi connectivity index (χ2v) is 4.24. The molecule has 0 radical (unpaired) electrons. The van der Waals surface area contributed by atoms with Gasteiger partial charge in [0, 0.05) is 0 Å². The first-order valence-electron chi connectivity index (χ1n) is 3.99. The third-order valence-electron chi connectivity index (χ3n) is 1.92. The van der Waals surface area contributed by atoms with Crippen molar-refractivity contribution in [2.75, 3.05) is 5.73 Å². The molecule has 0 saturated carbocycles. The van der Waals surface area contributed by atoms with E-state index in [2.05, 4.69) is 0 Å². The largest absolute Gasteiger partial charge is 0.419 e. The van der Waals surface area contributed by atoms with E-state index in [0.717, 1.165) is 0 Å². The molecule has 0 atom stereocenters. The Balaban J connectivity index is 3.83. The number of halogens is 9. The van der Waals surface area contributed by atoms with Crippen molar-refractivity contribution in [3.63, 3.8) is 0 Å². The fourth-order valence-corrected chi connectivity index (χ4v) is 2.32. The summed E-state index contributed by atoms with van der Waals surface area (Å²) in [6.45, 7) is 0. The van der Waals surface area contributed by atoms with Crippen LogP contribution in [-0.2, 0) is 12.4 Å². The molecular formula is C8H2Cl3F6N. The molecule has 2 N–H and O–H groups in total. The van der Waals surface area contributed by atoms with Crippen molar-refractivity contribution in [1.82, 2.24) is 0 Å². The van der Waals surface area contributed by atoms with E-state index in [1.807, 2.05) is 0 Å². The summed E-state index contributed by atoms with van der Waals surface area (Å²) < 4.78 is 75.3. The van der Waals surface area contributed by atoms with Crippen LogP contribution in [0.15, 0.2) is 0 Å². The Morgan fingerprint density at radius 1 is 0.667 bits per heavy atom. The third-order valence-corrected chi connectivity index (χ3v) is 3.08. The molecule has 102 valence electrons.